The summed E-state index contributed by atoms with van der Waals surface area (Å²) in [6, 6.07) is 11.8. The van der Waals surface area contributed by atoms with Crippen molar-refractivity contribution in [1.82, 2.24) is 9.38 Å². The Morgan fingerprint density at radius 2 is 1.92 bits per heavy atom. The number of carbonyl (C=O) groups is 1. The zero-order chi connectivity index (χ0) is 17.8. The molecule has 0 bridgehead atoms. The molecule has 3 rings (SSSR count). The van der Waals surface area contributed by atoms with Gasteiger partial charge in [0.05, 0.1) is 17.9 Å². The minimum atomic E-state index is -0.471. The molecule has 128 valence electrons. The first-order valence-corrected chi connectivity index (χ1v) is 8.29. The molecule has 25 heavy (non-hydrogen) atoms. The van der Waals surface area contributed by atoms with Gasteiger partial charge in [0, 0.05) is 23.8 Å². The summed E-state index contributed by atoms with van der Waals surface area (Å²) >= 11 is 3.31. The van der Waals surface area contributed by atoms with Gasteiger partial charge in [0.2, 0.25) is 0 Å². The predicted molar refractivity (Wildman–Crippen MR) is 95.4 cm³/mol. The predicted octanol–water partition coefficient (Wildman–Crippen LogP) is 2.96. The highest BCUT2D eigenvalue weighted by molar-refractivity contribution is 9.10. The van der Waals surface area contributed by atoms with Gasteiger partial charge in [-0.05, 0) is 45.8 Å². The zero-order valence-electron chi connectivity index (χ0n) is 13.4. The van der Waals surface area contributed by atoms with Crippen molar-refractivity contribution in [1.29, 1.82) is 0 Å². The second-order valence-corrected chi connectivity index (χ2v) is 6.28. The summed E-state index contributed by atoms with van der Waals surface area (Å²) in [5.41, 5.74) is 2.05. The fraction of sp³-hybridized carbons (Fsp3) is 0.167. The van der Waals surface area contributed by atoms with Crippen LogP contribution in [0.1, 0.15) is 21.6 Å². The Morgan fingerprint density at radius 1 is 1.16 bits per heavy atom. The SMILES string of the molecule is COCc1ccc(C(=O)OCc2cc(=O)n3cc(Br)ccc3n2)cc1. The van der Waals surface area contributed by atoms with E-state index in [-0.39, 0.29) is 12.2 Å². The molecular weight excluding hydrogens is 388 g/mol. The molecular formula is C18H15BrN2O4. The third kappa shape index (κ3) is 4.12. The summed E-state index contributed by atoms with van der Waals surface area (Å²) in [7, 11) is 1.61. The number of nitrogens with zero attached hydrogens (tertiary/aromatic N) is 2. The molecule has 0 amide bonds. The number of fused-ring (bicyclic) bond motifs is 1. The number of carbonyl (C=O) groups excluding carboxylic acids is 1. The van der Waals surface area contributed by atoms with Gasteiger partial charge in [0.15, 0.2) is 0 Å². The number of hydrogen-bond acceptors (Lipinski definition) is 5. The van der Waals surface area contributed by atoms with E-state index in [1.54, 1.807) is 49.7 Å². The van der Waals surface area contributed by atoms with Crippen molar-refractivity contribution in [3.8, 4) is 0 Å². The van der Waals surface area contributed by atoms with Gasteiger partial charge in [-0.1, -0.05) is 12.1 Å². The number of rotatable bonds is 5. The molecule has 6 nitrogen and oxygen atoms in total. The van der Waals surface area contributed by atoms with E-state index in [4.69, 9.17) is 9.47 Å². The summed E-state index contributed by atoms with van der Waals surface area (Å²) in [6.45, 7) is 0.414. The standard InChI is InChI=1S/C18H15BrN2O4/c1-24-10-12-2-4-13(5-3-12)18(23)25-11-15-8-17(22)21-9-14(19)6-7-16(21)20-15/h2-9H,10-11H2,1H3. The van der Waals surface area contributed by atoms with Gasteiger partial charge in [0.25, 0.3) is 5.56 Å². The second kappa shape index (κ2) is 7.58. The van der Waals surface area contributed by atoms with E-state index in [2.05, 4.69) is 20.9 Å². The van der Waals surface area contributed by atoms with Gasteiger partial charge in [-0.15, -0.1) is 0 Å². The minimum Gasteiger partial charge on any atom is -0.456 e. The molecule has 7 heteroatoms. The highest BCUT2D eigenvalue weighted by atomic mass is 79.9. The molecule has 0 aliphatic carbocycles. The van der Waals surface area contributed by atoms with Crippen LogP contribution in [0.5, 0.6) is 0 Å². The van der Waals surface area contributed by atoms with Gasteiger partial charge < -0.3 is 9.47 Å². The summed E-state index contributed by atoms with van der Waals surface area (Å²) < 4.78 is 12.5. The maximum absolute atomic E-state index is 12.1. The molecule has 0 unspecified atom stereocenters. The van der Waals surface area contributed by atoms with E-state index < -0.39 is 5.97 Å². The zero-order valence-corrected chi connectivity index (χ0v) is 15.0. The van der Waals surface area contributed by atoms with E-state index in [0.717, 1.165) is 10.0 Å². The van der Waals surface area contributed by atoms with Gasteiger partial charge in [-0.2, -0.15) is 0 Å². The first kappa shape index (κ1) is 17.3. The lowest BCUT2D eigenvalue weighted by atomic mass is 10.1. The number of halogens is 1. The van der Waals surface area contributed by atoms with Crippen LogP contribution in [0.4, 0.5) is 0 Å². The van der Waals surface area contributed by atoms with Crippen LogP contribution in [0.15, 0.2) is 57.9 Å². The largest absolute Gasteiger partial charge is 0.456 e. The van der Waals surface area contributed by atoms with Crippen molar-refractivity contribution in [2.75, 3.05) is 7.11 Å². The van der Waals surface area contributed by atoms with E-state index in [1.807, 2.05) is 0 Å². The highest BCUT2D eigenvalue weighted by Gasteiger charge is 2.09. The summed E-state index contributed by atoms with van der Waals surface area (Å²) in [5.74, 6) is -0.471. The molecule has 2 aromatic heterocycles. The normalized spacial score (nSPS) is 10.8. The fourth-order valence-corrected chi connectivity index (χ4v) is 2.66. The van der Waals surface area contributed by atoms with Gasteiger partial charge in [-0.3, -0.25) is 9.20 Å². The molecule has 0 N–H and O–H groups in total. The van der Waals surface area contributed by atoms with Crippen molar-refractivity contribution in [2.24, 2.45) is 0 Å². The number of ether oxygens (including phenoxy) is 2. The molecule has 0 saturated heterocycles. The Balaban J connectivity index is 1.72. The average molecular weight is 403 g/mol. The maximum Gasteiger partial charge on any atom is 0.338 e. The molecule has 0 radical (unpaired) electrons. The third-order valence-electron chi connectivity index (χ3n) is 3.53. The molecule has 3 aromatic rings. The van der Waals surface area contributed by atoms with Crippen molar-refractivity contribution >= 4 is 27.5 Å². The molecule has 0 atom stereocenters. The molecule has 2 heterocycles. The first-order chi connectivity index (χ1) is 12.1. The van der Waals surface area contributed by atoms with Crippen LogP contribution in [-0.2, 0) is 22.7 Å². The van der Waals surface area contributed by atoms with Gasteiger partial charge >= 0.3 is 5.97 Å². The third-order valence-corrected chi connectivity index (χ3v) is 4.00. The van der Waals surface area contributed by atoms with E-state index >= 15 is 0 Å². The lowest BCUT2D eigenvalue weighted by Crippen LogP contribution is -2.16. The Morgan fingerprint density at radius 3 is 2.64 bits per heavy atom. The van der Waals surface area contributed by atoms with Gasteiger partial charge in [0.1, 0.15) is 12.3 Å². The summed E-state index contributed by atoms with van der Waals surface area (Å²) in [4.78, 5) is 28.6. The molecule has 0 saturated carbocycles. The van der Waals surface area contributed by atoms with Crippen LogP contribution in [0, 0.1) is 0 Å². The van der Waals surface area contributed by atoms with Crippen molar-refractivity contribution in [2.45, 2.75) is 13.2 Å². The van der Waals surface area contributed by atoms with Crippen LogP contribution >= 0.6 is 15.9 Å². The number of methoxy groups -OCH3 is 1. The van der Waals surface area contributed by atoms with Crippen LogP contribution in [0.2, 0.25) is 0 Å². The molecule has 1 aromatic carbocycles. The number of esters is 1. The lowest BCUT2D eigenvalue weighted by molar-refractivity contribution is 0.0467. The Kier molecular flexibility index (Phi) is 5.25. The summed E-state index contributed by atoms with van der Waals surface area (Å²) in [6.07, 6.45) is 1.64. The highest BCUT2D eigenvalue weighted by Crippen LogP contribution is 2.11. The first-order valence-electron chi connectivity index (χ1n) is 7.49. The Bertz CT molecular complexity index is 967. The average Bonchev–Trinajstić information content (AvgIpc) is 2.61. The van der Waals surface area contributed by atoms with E-state index in [1.165, 1.54) is 10.5 Å². The van der Waals surface area contributed by atoms with E-state index in [0.29, 0.717) is 23.5 Å². The van der Waals surface area contributed by atoms with Crippen molar-refractivity contribution in [3.05, 3.63) is 80.3 Å². The van der Waals surface area contributed by atoms with Crippen molar-refractivity contribution < 1.29 is 14.3 Å². The maximum atomic E-state index is 12.1. The van der Waals surface area contributed by atoms with Crippen LogP contribution in [0.25, 0.3) is 5.65 Å². The lowest BCUT2D eigenvalue weighted by Gasteiger charge is -2.07. The van der Waals surface area contributed by atoms with Crippen molar-refractivity contribution in [3.63, 3.8) is 0 Å². The van der Waals surface area contributed by atoms with Gasteiger partial charge in [-0.25, -0.2) is 9.78 Å². The molecule has 0 spiro atoms. The number of benzene rings is 1. The Labute approximate surface area is 152 Å². The number of hydrogen-bond donors (Lipinski definition) is 0. The minimum absolute atomic E-state index is 0.0690. The van der Waals surface area contributed by atoms with E-state index in [9.17, 15) is 9.59 Å². The smallest absolute Gasteiger partial charge is 0.338 e. The topological polar surface area (TPSA) is 69.9 Å². The molecule has 0 aliphatic heterocycles. The second-order valence-electron chi connectivity index (χ2n) is 5.37. The van der Waals surface area contributed by atoms with Crippen LogP contribution in [0.3, 0.4) is 0 Å². The van der Waals surface area contributed by atoms with Crippen LogP contribution < -0.4 is 5.56 Å². The number of aromatic nitrogens is 2. The Hall–Kier alpha value is -2.51. The number of pyridine rings is 1. The fourth-order valence-electron chi connectivity index (χ4n) is 2.33. The van der Waals surface area contributed by atoms with Crippen LogP contribution in [-0.4, -0.2) is 22.5 Å². The monoisotopic (exact) mass is 402 g/mol. The molecule has 0 fully saturated rings. The summed E-state index contributed by atoms with van der Waals surface area (Å²) in [5, 5.41) is 0. The molecule has 0 aliphatic rings. The quantitative estimate of drug-likeness (QED) is 0.613.